The van der Waals surface area contributed by atoms with Crippen molar-refractivity contribution in [3.05, 3.63) is 58.9 Å². The van der Waals surface area contributed by atoms with Crippen molar-refractivity contribution in [3.63, 3.8) is 0 Å². The summed E-state index contributed by atoms with van der Waals surface area (Å²) in [7, 11) is 1.55. The molecule has 0 saturated carbocycles. The Morgan fingerprint density at radius 3 is 2.80 bits per heavy atom. The van der Waals surface area contributed by atoms with Crippen LogP contribution in [0.25, 0.3) is 0 Å². The average Bonchev–Trinajstić information content (AvgIpc) is 2.45. The van der Waals surface area contributed by atoms with Crippen molar-refractivity contribution in [1.29, 1.82) is 0 Å². The fourth-order valence-corrected chi connectivity index (χ4v) is 3.02. The van der Waals surface area contributed by atoms with Gasteiger partial charge in [0, 0.05) is 27.3 Å². The number of thioether (sulfide) groups is 1. The Labute approximate surface area is 127 Å². The molecule has 2 rings (SSSR count). The van der Waals surface area contributed by atoms with Crippen LogP contribution in [0.1, 0.15) is 11.6 Å². The predicted octanol–water partition coefficient (Wildman–Crippen LogP) is 4.28. The molecule has 0 aromatic heterocycles. The minimum absolute atomic E-state index is 0.315. The smallest absolute Gasteiger partial charge is 0.123 e. The molecular formula is C15H15ClFNOS. The van der Waals surface area contributed by atoms with Crippen molar-refractivity contribution in [3.8, 4) is 5.75 Å². The number of ether oxygens (including phenoxy) is 1. The SMILES string of the molecule is COc1ccc(F)cc1C(N)CSc1cccc(Cl)c1. The third-order valence-corrected chi connectivity index (χ3v) is 4.17. The molecule has 2 nitrogen and oxygen atoms in total. The lowest BCUT2D eigenvalue weighted by Gasteiger charge is -2.15. The molecule has 106 valence electrons. The van der Waals surface area contributed by atoms with Crippen LogP contribution in [-0.2, 0) is 0 Å². The number of hydrogen-bond donors (Lipinski definition) is 1. The van der Waals surface area contributed by atoms with Gasteiger partial charge in [-0.25, -0.2) is 4.39 Å². The van der Waals surface area contributed by atoms with Gasteiger partial charge in [0.25, 0.3) is 0 Å². The zero-order valence-electron chi connectivity index (χ0n) is 11.0. The fourth-order valence-electron chi connectivity index (χ4n) is 1.83. The molecule has 0 heterocycles. The van der Waals surface area contributed by atoms with Crippen LogP contribution in [-0.4, -0.2) is 12.9 Å². The lowest BCUT2D eigenvalue weighted by atomic mass is 10.1. The monoisotopic (exact) mass is 311 g/mol. The Morgan fingerprint density at radius 1 is 1.30 bits per heavy atom. The van der Waals surface area contributed by atoms with E-state index in [1.807, 2.05) is 24.3 Å². The van der Waals surface area contributed by atoms with Crippen molar-refractivity contribution in [2.45, 2.75) is 10.9 Å². The van der Waals surface area contributed by atoms with E-state index in [9.17, 15) is 4.39 Å². The number of halogens is 2. The zero-order chi connectivity index (χ0) is 14.5. The molecule has 0 saturated heterocycles. The van der Waals surface area contributed by atoms with E-state index in [0.717, 1.165) is 4.90 Å². The van der Waals surface area contributed by atoms with Gasteiger partial charge >= 0.3 is 0 Å². The third kappa shape index (κ3) is 3.88. The summed E-state index contributed by atoms with van der Waals surface area (Å²) in [4.78, 5) is 1.03. The molecule has 0 radical (unpaired) electrons. The fraction of sp³-hybridized carbons (Fsp3) is 0.200. The summed E-state index contributed by atoms with van der Waals surface area (Å²) in [6.07, 6.45) is 0. The minimum atomic E-state index is -0.316. The van der Waals surface area contributed by atoms with Crippen LogP contribution in [0.15, 0.2) is 47.4 Å². The lowest BCUT2D eigenvalue weighted by Crippen LogP contribution is -2.14. The highest BCUT2D eigenvalue weighted by Gasteiger charge is 2.13. The Kier molecular flexibility index (Phi) is 5.29. The first-order chi connectivity index (χ1) is 9.60. The molecule has 0 aliphatic heterocycles. The topological polar surface area (TPSA) is 35.2 Å². The van der Waals surface area contributed by atoms with Crippen molar-refractivity contribution in [2.24, 2.45) is 5.73 Å². The van der Waals surface area contributed by atoms with E-state index in [2.05, 4.69) is 0 Å². The molecule has 2 N–H and O–H groups in total. The summed E-state index contributed by atoms with van der Waals surface area (Å²) in [6, 6.07) is 11.6. The van der Waals surface area contributed by atoms with Crippen molar-refractivity contribution < 1.29 is 9.13 Å². The van der Waals surface area contributed by atoms with E-state index in [-0.39, 0.29) is 11.9 Å². The lowest BCUT2D eigenvalue weighted by molar-refractivity contribution is 0.405. The molecule has 2 aromatic carbocycles. The van der Waals surface area contributed by atoms with Gasteiger partial charge in [-0.1, -0.05) is 17.7 Å². The second-order valence-electron chi connectivity index (χ2n) is 4.26. The Morgan fingerprint density at radius 2 is 2.10 bits per heavy atom. The van der Waals surface area contributed by atoms with Gasteiger partial charge in [0.2, 0.25) is 0 Å². The van der Waals surface area contributed by atoms with Crippen molar-refractivity contribution in [2.75, 3.05) is 12.9 Å². The van der Waals surface area contributed by atoms with E-state index < -0.39 is 0 Å². The molecular weight excluding hydrogens is 297 g/mol. The number of nitrogens with two attached hydrogens (primary N) is 1. The van der Waals surface area contributed by atoms with Gasteiger partial charge < -0.3 is 10.5 Å². The van der Waals surface area contributed by atoms with Gasteiger partial charge in [0.1, 0.15) is 11.6 Å². The van der Waals surface area contributed by atoms with Gasteiger partial charge in [-0.05, 0) is 36.4 Å². The van der Waals surface area contributed by atoms with Crippen LogP contribution >= 0.6 is 23.4 Å². The largest absolute Gasteiger partial charge is 0.496 e. The first kappa shape index (κ1) is 15.2. The van der Waals surface area contributed by atoms with Crippen molar-refractivity contribution >= 4 is 23.4 Å². The maximum atomic E-state index is 13.3. The first-order valence-corrected chi connectivity index (χ1v) is 7.44. The maximum absolute atomic E-state index is 13.3. The van der Waals surface area contributed by atoms with E-state index in [1.165, 1.54) is 12.1 Å². The second kappa shape index (κ2) is 6.97. The van der Waals surface area contributed by atoms with Crippen LogP contribution < -0.4 is 10.5 Å². The van der Waals surface area contributed by atoms with E-state index in [0.29, 0.717) is 22.1 Å². The van der Waals surface area contributed by atoms with E-state index >= 15 is 0 Å². The van der Waals surface area contributed by atoms with E-state index in [1.54, 1.807) is 24.9 Å². The highest BCUT2D eigenvalue weighted by molar-refractivity contribution is 7.99. The molecule has 20 heavy (non-hydrogen) atoms. The van der Waals surface area contributed by atoms with Crippen LogP contribution in [0.3, 0.4) is 0 Å². The molecule has 0 aliphatic carbocycles. The molecule has 0 amide bonds. The summed E-state index contributed by atoms with van der Waals surface area (Å²) in [5, 5.41) is 0.687. The predicted molar refractivity (Wildman–Crippen MR) is 82.1 cm³/mol. The molecule has 1 atom stereocenters. The number of methoxy groups -OCH3 is 1. The maximum Gasteiger partial charge on any atom is 0.123 e. The zero-order valence-corrected chi connectivity index (χ0v) is 12.5. The van der Waals surface area contributed by atoms with Gasteiger partial charge in [-0.3, -0.25) is 0 Å². The minimum Gasteiger partial charge on any atom is -0.496 e. The highest BCUT2D eigenvalue weighted by Crippen LogP contribution is 2.30. The van der Waals surface area contributed by atoms with Crippen LogP contribution in [0.4, 0.5) is 4.39 Å². The van der Waals surface area contributed by atoms with Gasteiger partial charge in [0.05, 0.1) is 7.11 Å². The first-order valence-electron chi connectivity index (χ1n) is 6.07. The Hall–Kier alpha value is -1.23. The average molecular weight is 312 g/mol. The van der Waals surface area contributed by atoms with E-state index in [4.69, 9.17) is 22.1 Å². The number of rotatable bonds is 5. The Bertz CT molecular complexity index is 594. The molecule has 0 spiro atoms. The summed E-state index contributed by atoms with van der Waals surface area (Å²) in [5.74, 6) is 0.898. The molecule has 0 aliphatic rings. The molecule has 0 fully saturated rings. The van der Waals surface area contributed by atoms with Crippen molar-refractivity contribution in [1.82, 2.24) is 0 Å². The normalized spacial score (nSPS) is 12.2. The summed E-state index contributed by atoms with van der Waals surface area (Å²) in [5.41, 5.74) is 6.79. The third-order valence-electron chi connectivity index (χ3n) is 2.82. The summed E-state index contributed by atoms with van der Waals surface area (Å²) < 4.78 is 18.5. The Balaban J connectivity index is 2.08. The van der Waals surface area contributed by atoms with Crippen LogP contribution in [0, 0.1) is 5.82 Å². The summed E-state index contributed by atoms with van der Waals surface area (Å²) in [6.45, 7) is 0. The standard InChI is InChI=1S/C15H15ClFNOS/c1-19-15-6-5-11(17)8-13(15)14(18)9-20-12-4-2-3-10(16)7-12/h2-8,14H,9,18H2,1H3. The van der Waals surface area contributed by atoms with Gasteiger partial charge in [0.15, 0.2) is 0 Å². The molecule has 2 aromatic rings. The number of benzene rings is 2. The number of hydrogen-bond acceptors (Lipinski definition) is 3. The van der Waals surface area contributed by atoms with Crippen LogP contribution in [0.2, 0.25) is 5.02 Å². The molecule has 1 unspecified atom stereocenters. The molecule has 0 bridgehead atoms. The quantitative estimate of drug-likeness (QED) is 0.837. The van der Waals surface area contributed by atoms with Crippen LogP contribution in [0.5, 0.6) is 5.75 Å². The van der Waals surface area contributed by atoms with Gasteiger partial charge in [-0.2, -0.15) is 0 Å². The van der Waals surface area contributed by atoms with Gasteiger partial charge in [-0.15, -0.1) is 11.8 Å². The highest BCUT2D eigenvalue weighted by atomic mass is 35.5. The summed E-state index contributed by atoms with van der Waals surface area (Å²) >= 11 is 7.51. The second-order valence-corrected chi connectivity index (χ2v) is 5.79. The molecule has 5 heteroatoms.